The maximum atomic E-state index is 9.54. The fourth-order valence-electron chi connectivity index (χ4n) is 3.43. The Balaban J connectivity index is 1.58. The van der Waals surface area contributed by atoms with Crippen molar-refractivity contribution in [1.82, 2.24) is 0 Å². The van der Waals surface area contributed by atoms with Crippen LogP contribution in [0.2, 0.25) is 0 Å². The Morgan fingerprint density at radius 1 is 0.867 bits per heavy atom. The molecule has 0 fully saturated rings. The number of hydrogen-bond acceptors (Lipinski definition) is 3. The average Bonchev–Trinajstić information content (AvgIpc) is 2.82. The van der Waals surface area contributed by atoms with Crippen molar-refractivity contribution in [2.45, 2.75) is 6.61 Å². The zero-order chi connectivity index (χ0) is 20.8. The molecule has 3 heteroatoms. The number of ether oxygens (including phenoxy) is 2. The second kappa shape index (κ2) is 8.98. The molecule has 0 saturated heterocycles. The summed E-state index contributed by atoms with van der Waals surface area (Å²) in [5, 5.41) is 11.9. The summed E-state index contributed by atoms with van der Waals surface area (Å²) in [5.74, 6) is 1.30. The monoisotopic (exact) mass is 391 g/mol. The van der Waals surface area contributed by atoms with Gasteiger partial charge >= 0.3 is 0 Å². The van der Waals surface area contributed by atoms with Crippen LogP contribution >= 0.6 is 0 Å². The SMILES string of the molecule is COc1cc(/C=C(/C#N)c2ccccc2)ccc1OCc1cccc2ccccc12. The third-order valence-corrected chi connectivity index (χ3v) is 4.97. The van der Waals surface area contributed by atoms with Crippen molar-refractivity contribution >= 4 is 22.4 Å². The minimum atomic E-state index is 0.445. The van der Waals surface area contributed by atoms with E-state index >= 15 is 0 Å². The second-order valence-corrected chi connectivity index (χ2v) is 6.87. The van der Waals surface area contributed by atoms with Crippen LogP contribution in [-0.4, -0.2) is 7.11 Å². The van der Waals surface area contributed by atoms with Gasteiger partial charge in [-0.2, -0.15) is 5.26 Å². The number of methoxy groups -OCH3 is 1. The third-order valence-electron chi connectivity index (χ3n) is 4.97. The standard InChI is InChI=1S/C27H21NO2/c1-29-27-17-20(16-24(18-28)21-8-3-2-4-9-21)14-15-26(27)30-19-23-12-7-11-22-10-5-6-13-25(22)23/h2-17H,19H2,1H3/b24-16-. The van der Waals surface area contributed by atoms with Crippen molar-refractivity contribution in [1.29, 1.82) is 5.26 Å². The van der Waals surface area contributed by atoms with Gasteiger partial charge in [0.15, 0.2) is 11.5 Å². The van der Waals surface area contributed by atoms with E-state index in [4.69, 9.17) is 9.47 Å². The van der Waals surface area contributed by atoms with E-state index in [2.05, 4.69) is 30.3 Å². The zero-order valence-electron chi connectivity index (χ0n) is 16.7. The molecule has 0 amide bonds. The lowest BCUT2D eigenvalue weighted by atomic mass is 10.0. The van der Waals surface area contributed by atoms with E-state index in [1.165, 1.54) is 10.8 Å². The summed E-state index contributed by atoms with van der Waals surface area (Å²) < 4.78 is 11.6. The topological polar surface area (TPSA) is 42.2 Å². The van der Waals surface area contributed by atoms with E-state index in [1.54, 1.807) is 7.11 Å². The first-order chi connectivity index (χ1) is 14.8. The molecule has 0 N–H and O–H groups in total. The van der Waals surface area contributed by atoms with Gasteiger partial charge in [-0.25, -0.2) is 0 Å². The van der Waals surface area contributed by atoms with E-state index in [1.807, 2.05) is 72.8 Å². The van der Waals surface area contributed by atoms with Gasteiger partial charge in [-0.1, -0.05) is 78.9 Å². The first kappa shape index (κ1) is 19.3. The Labute approximate surface area is 176 Å². The van der Waals surface area contributed by atoms with Crippen LogP contribution in [0.25, 0.3) is 22.4 Å². The fraction of sp³-hybridized carbons (Fsp3) is 0.0741. The molecule has 0 saturated carbocycles. The summed E-state index contributed by atoms with van der Waals surface area (Å²) >= 11 is 0. The number of nitrogens with zero attached hydrogens (tertiary/aromatic N) is 1. The van der Waals surface area contributed by atoms with Crippen LogP contribution in [0.15, 0.2) is 91.0 Å². The Morgan fingerprint density at radius 2 is 1.63 bits per heavy atom. The number of nitriles is 1. The Hall–Kier alpha value is -4.03. The first-order valence-electron chi connectivity index (χ1n) is 9.73. The number of rotatable bonds is 6. The normalized spacial score (nSPS) is 11.1. The average molecular weight is 391 g/mol. The number of fused-ring (bicyclic) bond motifs is 1. The van der Waals surface area contributed by atoms with Crippen molar-refractivity contribution < 1.29 is 9.47 Å². The summed E-state index contributed by atoms with van der Waals surface area (Å²) in [6.07, 6.45) is 1.85. The molecule has 0 unspecified atom stereocenters. The summed E-state index contributed by atoms with van der Waals surface area (Å²) in [6.45, 7) is 0.445. The van der Waals surface area contributed by atoms with Gasteiger partial charge in [0.2, 0.25) is 0 Å². The van der Waals surface area contributed by atoms with E-state index in [0.29, 0.717) is 23.7 Å². The lowest BCUT2D eigenvalue weighted by Gasteiger charge is -2.13. The molecule has 0 heterocycles. The predicted octanol–water partition coefficient (Wildman–Crippen LogP) is 6.49. The van der Waals surface area contributed by atoms with Gasteiger partial charge in [0.05, 0.1) is 18.8 Å². The quantitative estimate of drug-likeness (QED) is 0.279. The number of benzene rings is 4. The van der Waals surface area contributed by atoms with Crippen LogP contribution in [0.3, 0.4) is 0 Å². The van der Waals surface area contributed by atoms with Crippen LogP contribution in [0.1, 0.15) is 16.7 Å². The van der Waals surface area contributed by atoms with Gasteiger partial charge < -0.3 is 9.47 Å². The lowest BCUT2D eigenvalue weighted by molar-refractivity contribution is 0.285. The minimum Gasteiger partial charge on any atom is -0.493 e. The van der Waals surface area contributed by atoms with Gasteiger partial charge in [0.1, 0.15) is 6.61 Å². The predicted molar refractivity (Wildman–Crippen MR) is 121 cm³/mol. The van der Waals surface area contributed by atoms with Crippen LogP contribution in [0.4, 0.5) is 0 Å². The highest BCUT2D eigenvalue weighted by molar-refractivity contribution is 5.90. The van der Waals surface area contributed by atoms with Crippen molar-refractivity contribution in [3.63, 3.8) is 0 Å². The molecule has 0 atom stereocenters. The van der Waals surface area contributed by atoms with Crippen LogP contribution in [0, 0.1) is 11.3 Å². The summed E-state index contributed by atoms with van der Waals surface area (Å²) in [7, 11) is 1.62. The van der Waals surface area contributed by atoms with Crippen LogP contribution in [0.5, 0.6) is 11.5 Å². The highest BCUT2D eigenvalue weighted by Crippen LogP contribution is 2.31. The van der Waals surface area contributed by atoms with Gasteiger partial charge in [-0.3, -0.25) is 0 Å². The van der Waals surface area contributed by atoms with Gasteiger partial charge in [0, 0.05) is 0 Å². The Bertz CT molecular complexity index is 1230. The lowest BCUT2D eigenvalue weighted by Crippen LogP contribution is -1.98. The zero-order valence-corrected chi connectivity index (χ0v) is 16.7. The van der Waals surface area contributed by atoms with Crippen molar-refractivity contribution in [2.75, 3.05) is 7.11 Å². The molecule has 3 nitrogen and oxygen atoms in total. The third kappa shape index (κ3) is 4.19. The van der Waals surface area contributed by atoms with Crippen LogP contribution < -0.4 is 9.47 Å². The molecule has 4 aromatic carbocycles. The molecule has 4 aromatic rings. The van der Waals surface area contributed by atoms with E-state index in [-0.39, 0.29) is 0 Å². The highest BCUT2D eigenvalue weighted by Gasteiger charge is 2.08. The fourth-order valence-corrected chi connectivity index (χ4v) is 3.43. The number of hydrogen-bond donors (Lipinski definition) is 0. The van der Waals surface area contributed by atoms with E-state index in [0.717, 1.165) is 16.7 Å². The van der Waals surface area contributed by atoms with Crippen molar-refractivity contribution in [2.24, 2.45) is 0 Å². The van der Waals surface area contributed by atoms with E-state index < -0.39 is 0 Å². The maximum absolute atomic E-state index is 9.54. The van der Waals surface area contributed by atoms with Gasteiger partial charge in [-0.15, -0.1) is 0 Å². The van der Waals surface area contributed by atoms with Crippen molar-refractivity contribution in [3.8, 4) is 17.6 Å². The molecular weight excluding hydrogens is 370 g/mol. The maximum Gasteiger partial charge on any atom is 0.161 e. The molecule has 0 aliphatic rings. The smallest absolute Gasteiger partial charge is 0.161 e. The summed E-state index contributed by atoms with van der Waals surface area (Å²) in [5.41, 5.74) is 3.48. The molecule has 30 heavy (non-hydrogen) atoms. The second-order valence-electron chi connectivity index (χ2n) is 6.87. The highest BCUT2D eigenvalue weighted by atomic mass is 16.5. The molecule has 0 aromatic heterocycles. The van der Waals surface area contributed by atoms with E-state index in [9.17, 15) is 5.26 Å². The molecule has 0 bridgehead atoms. The minimum absolute atomic E-state index is 0.445. The molecule has 0 spiro atoms. The molecular formula is C27H21NO2. The Morgan fingerprint density at radius 3 is 2.43 bits per heavy atom. The van der Waals surface area contributed by atoms with Gasteiger partial charge in [-0.05, 0) is 45.7 Å². The number of allylic oxidation sites excluding steroid dienone is 1. The summed E-state index contributed by atoms with van der Waals surface area (Å²) in [6, 6.07) is 32.1. The van der Waals surface area contributed by atoms with Gasteiger partial charge in [0.25, 0.3) is 0 Å². The van der Waals surface area contributed by atoms with Crippen LogP contribution in [-0.2, 0) is 6.61 Å². The molecule has 4 rings (SSSR count). The first-order valence-corrected chi connectivity index (χ1v) is 9.73. The molecule has 146 valence electrons. The largest absolute Gasteiger partial charge is 0.493 e. The molecule has 0 aliphatic heterocycles. The molecule has 0 radical (unpaired) electrons. The Kier molecular flexibility index (Phi) is 5.78. The summed E-state index contributed by atoms with van der Waals surface area (Å²) in [4.78, 5) is 0. The molecule has 0 aliphatic carbocycles. The van der Waals surface area contributed by atoms with Crippen molar-refractivity contribution in [3.05, 3.63) is 108 Å².